The molecule has 2 rings (SSSR count). The maximum atomic E-state index is 11.9. The summed E-state index contributed by atoms with van der Waals surface area (Å²) in [4.78, 5) is 20.7. The number of ether oxygens (including phenoxy) is 1. The van der Waals surface area contributed by atoms with Crippen molar-refractivity contribution in [1.29, 1.82) is 0 Å². The summed E-state index contributed by atoms with van der Waals surface area (Å²) >= 11 is 0. The lowest BCUT2D eigenvalue weighted by Crippen LogP contribution is -2.54. The standard InChI is InChI=1S/C21H35N5O2/c1-17(2)24-20(27)16-25-11-13-26(14-12-25)21(22-4)23-10-7-15-28-19-9-6-5-8-18(19)3/h5-6,8-9,17H,7,10-16H2,1-4H3,(H,22,23)(H,24,27). The maximum absolute atomic E-state index is 11.9. The first-order valence-corrected chi connectivity index (χ1v) is 10.2. The zero-order chi connectivity index (χ0) is 20.4. The average Bonchev–Trinajstić information content (AvgIpc) is 2.66. The first-order chi connectivity index (χ1) is 13.5. The van der Waals surface area contributed by atoms with Crippen LogP contribution in [0.1, 0.15) is 25.8 Å². The van der Waals surface area contributed by atoms with E-state index in [0.29, 0.717) is 13.2 Å². The van der Waals surface area contributed by atoms with E-state index in [2.05, 4.69) is 38.4 Å². The summed E-state index contributed by atoms with van der Waals surface area (Å²) in [5.74, 6) is 1.96. The van der Waals surface area contributed by atoms with Gasteiger partial charge in [-0.1, -0.05) is 18.2 Å². The lowest BCUT2D eigenvalue weighted by atomic mass is 10.2. The summed E-state index contributed by atoms with van der Waals surface area (Å²) in [6.07, 6.45) is 0.905. The summed E-state index contributed by atoms with van der Waals surface area (Å²) in [5.41, 5.74) is 1.16. The van der Waals surface area contributed by atoms with E-state index >= 15 is 0 Å². The quantitative estimate of drug-likeness (QED) is 0.400. The van der Waals surface area contributed by atoms with Gasteiger partial charge < -0.3 is 20.3 Å². The number of piperazine rings is 1. The third kappa shape index (κ3) is 7.38. The molecule has 0 aromatic heterocycles. The molecule has 1 heterocycles. The molecule has 0 aliphatic carbocycles. The van der Waals surface area contributed by atoms with Gasteiger partial charge in [0.1, 0.15) is 5.75 Å². The number of benzene rings is 1. The minimum absolute atomic E-state index is 0.0969. The van der Waals surface area contributed by atoms with Crippen molar-refractivity contribution in [2.75, 3.05) is 52.9 Å². The molecule has 2 N–H and O–H groups in total. The summed E-state index contributed by atoms with van der Waals surface area (Å²) < 4.78 is 5.84. The van der Waals surface area contributed by atoms with Gasteiger partial charge in [-0.15, -0.1) is 0 Å². The van der Waals surface area contributed by atoms with Crippen molar-refractivity contribution in [3.05, 3.63) is 29.8 Å². The molecule has 1 saturated heterocycles. The van der Waals surface area contributed by atoms with Gasteiger partial charge in [0.05, 0.1) is 13.2 Å². The number of guanidine groups is 1. The molecule has 1 amide bonds. The molecule has 1 fully saturated rings. The van der Waals surface area contributed by atoms with E-state index in [-0.39, 0.29) is 11.9 Å². The van der Waals surface area contributed by atoms with Crippen LogP contribution in [0, 0.1) is 6.92 Å². The zero-order valence-electron chi connectivity index (χ0n) is 17.7. The molecule has 7 nitrogen and oxygen atoms in total. The van der Waals surface area contributed by atoms with E-state index in [4.69, 9.17) is 4.74 Å². The van der Waals surface area contributed by atoms with Gasteiger partial charge in [0, 0.05) is 45.8 Å². The van der Waals surface area contributed by atoms with Gasteiger partial charge in [-0.2, -0.15) is 0 Å². The van der Waals surface area contributed by atoms with Crippen molar-refractivity contribution in [3.8, 4) is 5.75 Å². The van der Waals surface area contributed by atoms with Gasteiger partial charge in [0.25, 0.3) is 0 Å². The molecular formula is C21H35N5O2. The van der Waals surface area contributed by atoms with Crippen LogP contribution in [0.15, 0.2) is 29.3 Å². The van der Waals surface area contributed by atoms with Gasteiger partial charge in [-0.25, -0.2) is 0 Å². The van der Waals surface area contributed by atoms with Crippen molar-refractivity contribution in [3.63, 3.8) is 0 Å². The Morgan fingerprint density at radius 2 is 1.93 bits per heavy atom. The number of carbonyl (C=O) groups excluding carboxylic acids is 1. The molecule has 1 aliphatic rings. The van der Waals surface area contributed by atoms with Crippen LogP contribution in [0.4, 0.5) is 0 Å². The number of hydrogen-bond donors (Lipinski definition) is 2. The van der Waals surface area contributed by atoms with Crippen LogP contribution in [-0.2, 0) is 4.79 Å². The van der Waals surface area contributed by atoms with Crippen LogP contribution in [0.25, 0.3) is 0 Å². The highest BCUT2D eigenvalue weighted by atomic mass is 16.5. The fraction of sp³-hybridized carbons (Fsp3) is 0.619. The minimum Gasteiger partial charge on any atom is -0.493 e. The second-order valence-electron chi connectivity index (χ2n) is 7.43. The summed E-state index contributed by atoms with van der Waals surface area (Å²) in [6, 6.07) is 8.26. The predicted octanol–water partition coefficient (Wildman–Crippen LogP) is 1.48. The molecule has 0 bridgehead atoms. The van der Waals surface area contributed by atoms with Crippen LogP contribution in [0.2, 0.25) is 0 Å². The number of aliphatic imine (C=N–C) groups is 1. The Morgan fingerprint density at radius 3 is 2.57 bits per heavy atom. The molecule has 28 heavy (non-hydrogen) atoms. The number of hydrogen-bond acceptors (Lipinski definition) is 4. The van der Waals surface area contributed by atoms with Crippen LogP contribution in [0.3, 0.4) is 0 Å². The number of aryl methyl sites for hydroxylation is 1. The highest BCUT2D eigenvalue weighted by Crippen LogP contribution is 2.16. The Labute approximate surface area is 169 Å². The van der Waals surface area contributed by atoms with Gasteiger partial charge in [0.2, 0.25) is 5.91 Å². The average molecular weight is 390 g/mol. The van der Waals surface area contributed by atoms with E-state index in [9.17, 15) is 4.79 Å². The lowest BCUT2D eigenvalue weighted by Gasteiger charge is -2.36. The molecule has 1 aromatic carbocycles. The molecule has 0 atom stereocenters. The topological polar surface area (TPSA) is 69.2 Å². The molecule has 0 spiro atoms. The highest BCUT2D eigenvalue weighted by Gasteiger charge is 2.21. The van der Waals surface area contributed by atoms with Gasteiger partial charge in [0.15, 0.2) is 5.96 Å². The molecule has 1 aliphatic heterocycles. The SMILES string of the molecule is CN=C(NCCCOc1ccccc1C)N1CCN(CC(=O)NC(C)C)CC1. The van der Waals surface area contributed by atoms with Gasteiger partial charge in [-0.3, -0.25) is 14.7 Å². The summed E-state index contributed by atoms with van der Waals surface area (Å²) in [6.45, 7) is 11.4. The van der Waals surface area contributed by atoms with E-state index in [1.807, 2.05) is 39.1 Å². The van der Waals surface area contributed by atoms with Crippen LogP contribution < -0.4 is 15.4 Å². The van der Waals surface area contributed by atoms with Crippen molar-refractivity contribution < 1.29 is 9.53 Å². The van der Waals surface area contributed by atoms with Crippen molar-refractivity contribution >= 4 is 11.9 Å². The number of amides is 1. The first kappa shape index (κ1) is 22.0. The molecule has 0 unspecified atom stereocenters. The second kappa shape index (κ2) is 11.5. The molecule has 156 valence electrons. The van der Waals surface area contributed by atoms with Crippen molar-refractivity contribution in [1.82, 2.24) is 20.4 Å². The smallest absolute Gasteiger partial charge is 0.234 e. The van der Waals surface area contributed by atoms with Crippen molar-refractivity contribution in [2.45, 2.75) is 33.2 Å². The zero-order valence-corrected chi connectivity index (χ0v) is 17.7. The Hall–Kier alpha value is -2.28. The third-order valence-corrected chi connectivity index (χ3v) is 4.66. The Morgan fingerprint density at radius 1 is 1.21 bits per heavy atom. The van der Waals surface area contributed by atoms with Gasteiger partial charge >= 0.3 is 0 Å². The molecular weight excluding hydrogens is 354 g/mol. The second-order valence-corrected chi connectivity index (χ2v) is 7.43. The van der Waals surface area contributed by atoms with E-state index < -0.39 is 0 Å². The molecule has 0 saturated carbocycles. The third-order valence-electron chi connectivity index (χ3n) is 4.66. The van der Waals surface area contributed by atoms with Crippen LogP contribution >= 0.6 is 0 Å². The predicted molar refractivity (Wildman–Crippen MR) is 114 cm³/mol. The normalized spacial score (nSPS) is 15.6. The number of para-hydroxylation sites is 1. The monoisotopic (exact) mass is 389 g/mol. The Kier molecular flexibility index (Phi) is 9.07. The maximum Gasteiger partial charge on any atom is 0.234 e. The largest absolute Gasteiger partial charge is 0.493 e. The fourth-order valence-electron chi connectivity index (χ4n) is 3.19. The summed E-state index contributed by atoms with van der Waals surface area (Å²) in [5, 5.41) is 6.37. The van der Waals surface area contributed by atoms with E-state index in [1.54, 1.807) is 0 Å². The van der Waals surface area contributed by atoms with E-state index in [1.165, 1.54) is 0 Å². The minimum atomic E-state index is 0.0969. The first-order valence-electron chi connectivity index (χ1n) is 10.2. The number of nitrogens with one attached hydrogen (secondary N) is 2. The summed E-state index contributed by atoms with van der Waals surface area (Å²) in [7, 11) is 1.81. The molecule has 0 radical (unpaired) electrons. The Bertz CT molecular complexity index is 639. The number of nitrogens with zero attached hydrogens (tertiary/aromatic N) is 3. The van der Waals surface area contributed by atoms with E-state index in [0.717, 1.165) is 56.4 Å². The van der Waals surface area contributed by atoms with Crippen LogP contribution in [0.5, 0.6) is 5.75 Å². The van der Waals surface area contributed by atoms with Crippen LogP contribution in [-0.4, -0.2) is 80.6 Å². The lowest BCUT2D eigenvalue weighted by molar-refractivity contribution is -0.123. The highest BCUT2D eigenvalue weighted by molar-refractivity contribution is 5.80. The van der Waals surface area contributed by atoms with Gasteiger partial charge in [-0.05, 0) is 38.8 Å². The van der Waals surface area contributed by atoms with Crippen molar-refractivity contribution in [2.24, 2.45) is 4.99 Å². The number of rotatable bonds is 8. The molecule has 1 aromatic rings. The fourth-order valence-corrected chi connectivity index (χ4v) is 3.19. The molecule has 7 heteroatoms. The number of carbonyl (C=O) groups is 1. The Balaban J connectivity index is 1.65.